The Morgan fingerprint density at radius 1 is 1.45 bits per heavy atom. The molecule has 1 aromatic rings. The topological polar surface area (TPSA) is 50.4 Å². The number of halogens is 2. The molecule has 0 radical (unpaired) electrons. The highest BCUT2D eigenvalue weighted by molar-refractivity contribution is 6.31. The SMILES string of the molecule is CC(C)(C)OC(=O)NC(CNC1CC1)c1cccc(F)c1Cl. The van der Waals surface area contributed by atoms with Gasteiger partial charge in [0.2, 0.25) is 0 Å². The third-order valence-electron chi connectivity index (χ3n) is 3.24. The number of hydrogen-bond donors (Lipinski definition) is 2. The first kappa shape index (κ1) is 17.0. The van der Waals surface area contributed by atoms with Crippen LogP contribution in [0.1, 0.15) is 45.2 Å². The highest BCUT2D eigenvalue weighted by Gasteiger charge is 2.26. The van der Waals surface area contributed by atoms with Gasteiger partial charge >= 0.3 is 6.09 Å². The van der Waals surface area contributed by atoms with Crippen molar-refractivity contribution in [3.8, 4) is 0 Å². The summed E-state index contributed by atoms with van der Waals surface area (Å²) in [6.45, 7) is 5.85. The van der Waals surface area contributed by atoms with Gasteiger partial charge < -0.3 is 15.4 Å². The summed E-state index contributed by atoms with van der Waals surface area (Å²) in [5, 5.41) is 6.11. The smallest absolute Gasteiger partial charge is 0.408 e. The molecular formula is C16H22ClFN2O2. The van der Waals surface area contributed by atoms with Crippen LogP contribution in [0.15, 0.2) is 18.2 Å². The maximum atomic E-state index is 13.7. The zero-order valence-corrected chi connectivity index (χ0v) is 13.8. The second kappa shape index (κ2) is 6.84. The van der Waals surface area contributed by atoms with E-state index in [0.717, 1.165) is 12.8 Å². The van der Waals surface area contributed by atoms with Crippen molar-refractivity contribution in [3.63, 3.8) is 0 Å². The summed E-state index contributed by atoms with van der Waals surface area (Å²) < 4.78 is 18.9. The summed E-state index contributed by atoms with van der Waals surface area (Å²) in [7, 11) is 0. The van der Waals surface area contributed by atoms with Gasteiger partial charge in [-0.1, -0.05) is 23.7 Å². The van der Waals surface area contributed by atoms with Crippen molar-refractivity contribution in [2.75, 3.05) is 6.54 Å². The number of carbonyl (C=O) groups excluding carboxylic acids is 1. The molecule has 2 rings (SSSR count). The van der Waals surface area contributed by atoms with Gasteiger partial charge in [0.05, 0.1) is 11.1 Å². The highest BCUT2D eigenvalue weighted by Crippen LogP contribution is 2.27. The van der Waals surface area contributed by atoms with E-state index in [2.05, 4.69) is 10.6 Å². The molecule has 1 amide bonds. The predicted octanol–water partition coefficient (Wildman–Crippen LogP) is 3.80. The molecule has 1 unspecified atom stereocenters. The van der Waals surface area contributed by atoms with Gasteiger partial charge in [-0.25, -0.2) is 9.18 Å². The van der Waals surface area contributed by atoms with Crippen molar-refractivity contribution in [1.29, 1.82) is 0 Å². The lowest BCUT2D eigenvalue weighted by molar-refractivity contribution is 0.0503. The monoisotopic (exact) mass is 328 g/mol. The first-order valence-electron chi connectivity index (χ1n) is 7.43. The Morgan fingerprint density at radius 2 is 2.14 bits per heavy atom. The van der Waals surface area contributed by atoms with Gasteiger partial charge in [0, 0.05) is 12.6 Å². The Hall–Kier alpha value is -1.33. The first-order valence-corrected chi connectivity index (χ1v) is 7.81. The molecular weight excluding hydrogens is 307 g/mol. The average Bonchev–Trinajstić information content (AvgIpc) is 3.20. The van der Waals surface area contributed by atoms with Crippen LogP contribution in [-0.2, 0) is 4.74 Å². The summed E-state index contributed by atoms with van der Waals surface area (Å²) in [5.41, 5.74) is -0.0507. The van der Waals surface area contributed by atoms with Crippen LogP contribution >= 0.6 is 11.6 Å². The van der Waals surface area contributed by atoms with Crippen LogP contribution in [0.2, 0.25) is 5.02 Å². The second-order valence-electron chi connectivity index (χ2n) is 6.52. The van der Waals surface area contributed by atoms with Crippen molar-refractivity contribution in [3.05, 3.63) is 34.6 Å². The number of benzene rings is 1. The Balaban J connectivity index is 2.11. The van der Waals surface area contributed by atoms with Gasteiger partial charge in [-0.2, -0.15) is 0 Å². The quantitative estimate of drug-likeness (QED) is 0.864. The van der Waals surface area contributed by atoms with E-state index in [1.807, 2.05) is 0 Å². The molecule has 0 spiro atoms. The summed E-state index contributed by atoms with van der Waals surface area (Å²) in [6, 6.07) is 4.61. The van der Waals surface area contributed by atoms with Gasteiger partial charge in [0.15, 0.2) is 0 Å². The number of hydrogen-bond acceptors (Lipinski definition) is 3. The third-order valence-corrected chi connectivity index (χ3v) is 3.63. The van der Waals surface area contributed by atoms with Gasteiger partial charge in [0.1, 0.15) is 11.4 Å². The number of amides is 1. The van der Waals surface area contributed by atoms with Crippen molar-refractivity contribution in [2.24, 2.45) is 0 Å². The molecule has 122 valence electrons. The van der Waals surface area contributed by atoms with Crippen molar-refractivity contribution >= 4 is 17.7 Å². The van der Waals surface area contributed by atoms with Crippen LogP contribution in [0.5, 0.6) is 0 Å². The lowest BCUT2D eigenvalue weighted by atomic mass is 10.1. The number of nitrogens with one attached hydrogen (secondary N) is 2. The minimum absolute atomic E-state index is 0.0288. The molecule has 0 heterocycles. The number of ether oxygens (including phenoxy) is 1. The molecule has 0 bridgehead atoms. The molecule has 0 aromatic heterocycles. The van der Waals surface area contributed by atoms with E-state index >= 15 is 0 Å². The number of carbonyl (C=O) groups is 1. The first-order chi connectivity index (χ1) is 10.3. The summed E-state index contributed by atoms with van der Waals surface area (Å²) >= 11 is 6.04. The van der Waals surface area contributed by atoms with Crippen LogP contribution in [0.3, 0.4) is 0 Å². The van der Waals surface area contributed by atoms with Crippen molar-refractivity contribution in [1.82, 2.24) is 10.6 Å². The molecule has 1 aliphatic rings. The molecule has 1 aliphatic carbocycles. The molecule has 6 heteroatoms. The fourth-order valence-corrected chi connectivity index (χ4v) is 2.31. The molecule has 22 heavy (non-hydrogen) atoms. The minimum Gasteiger partial charge on any atom is -0.444 e. The van der Waals surface area contributed by atoms with E-state index in [4.69, 9.17) is 16.3 Å². The lowest BCUT2D eigenvalue weighted by Gasteiger charge is -2.25. The van der Waals surface area contributed by atoms with Gasteiger partial charge in [-0.05, 0) is 45.2 Å². The van der Waals surface area contributed by atoms with Crippen LogP contribution in [-0.4, -0.2) is 24.3 Å². The Kier molecular flexibility index (Phi) is 5.29. The third kappa shape index (κ3) is 5.14. The Morgan fingerprint density at radius 3 is 2.73 bits per heavy atom. The summed E-state index contributed by atoms with van der Waals surface area (Å²) in [5.74, 6) is -0.499. The molecule has 1 saturated carbocycles. The molecule has 1 fully saturated rings. The van der Waals surface area contributed by atoms with Crippen LogP contribution in [0.25, 0.3) is 0 Å². The van der Waals surface area contributed by atoms with Crippen molar-refractivity contribution < 1.29 is 13.9 Å². The van der Waals surface area contributed by atoms with E-state index in [1.165, 1.54) is 6.07 Å². The molecule has 2 N–H and O–H groups in total. The Labute approximate surface area is 135 Å². The molecule has 4 nitrogen and oxygen atoms in total. The van der Waals surface area contributed by atoms with E-state index in [1.54, 1.807) is 32.9 Å². The van der Waals surface area contributed by atoms with Crippen LogP contribution in [0, 0.1) is 5.82 Å². The zero-order chi connectivity index (χ0) is 16.3. The molecule has 0 saturated heterocycles. The lowest BCUT2D eigenvalue weighted by Crippen LogP contribution is -2.39. The maximum Gasteiger partial charge on any atom is 0.408 e. The van der Waals surface area contributed by atoms with Gasteiger partial charge in [-0.15, -0.1) is 0 Å². The molecule has 1 aromatic carbocycles. The summed E-state index contributed by atoms with van der Waals surface area (Å²) in [6.07, 6.45) is 1.70. The molecule has 1 atom stereocenters. The number of alkyl carbamates (subject to hydrolysis) is 1. The van der Waals surface area contributed by atoms with Crippen LogP contribution in [0.4, 0.5) is 9.18 Å². The van der Waals surface area contributed by atoms with Crippen LogP contribution < -0.4 is 10.6 Å². The zero-order valence-electron chi connectivity index (χ0n) is 13.1. The average molecular weight is 329 g/mol. The van der Waals surface area contributed by atoms with E-state index in [9.17, 15) is 9.18 Å². The normalized spacial score (nSPS) is 16.2. The minimum atomic E-state index is -0.593. The Bertz CT molecular complexity index is 541. The fourth-order valence-electron chi connectivity index (χ4n) is 2.05. The maximum absolute atomic E-state index is 13.7. The fraction of sp³-hybridized carbons (Fsp3) is 0.562. The largest absolute Gasteiger partial charge is 0.444 e. The predicted molar refractivity (Wildman–Crippen MR) is 84.5 cm³/mol. The standard InChI is InChI=1S/C16H22ClFN2O2/c1-16(2,3)22-15(21)20-13(9-19-10-7-8-10)11-5-4-6-12(18)14(11)17/h4-6,10,13,19H,7-9H2,1-3H3,(H,20,21). The summed E-state index contributed by atoms with van der Waals surface area (Å²) in [4.78, 5) is 12.0. The highest BCUT2D eigenvalue weighted by atomic mass is 35.5. The van der Waals surface area contributed by atoms with E-state index in [-0.39, 0.29) is 5.02 Å². The number of rotatable bonds is 5. The second-order valence-corrected chi connectivity index (χ2v) is 6.90. The van der Waals surface area contributed by atoms with Gasteiger partial charge in [-0.3, -0.25) is 0 Å². The van der Waals surface area contributed by atoms with E-state index in [0.29, 0.717) is 18.2 Å². The van der Waals surface area contributed by atoms with Crippen molar-refractivity contribution in [2.45, 2.75) is 51.3 Å². The van der Waals surface area contributed by atoms with Gasteiger partial charge in [0.25, 0.3) is 0 Å². The van der Waals surface area contributed by atoms with E-state index < -0.39 is 23.6 Å². The molecule has 0 aliphatic heterocycles.